The maximum absolute atomic E-state index is 4.52. The van der Waals surface area contributed by atoms with Gasteiger partial charge in [-0.2, -0.15) is 0 Å². The fraction of sp³-hybridized carbons (Fsp3) is 0.250. The molecular weight excluding hydrogens is 252 g/mol. The van der Waals surface area contributed by atoms with Gasteiger partial charge in [0.15, 0.2) is 0 Å². The monoisotopic (exact) mass is 264 g/mol. The number of nitrogens with one attached hydrogen (secondary N) is 1. The highest BCUT2D eigenvalue weighted by Gasteiger charge is 2.08. The first-order valence-electron chi connectivity index (χ1n) is 5.02. The molecule has 2 nitrogen and oxygen atoms in total. The summed E-state index contributed by atoms with van der Waals surface area (Å²) in [4.78, 5) is 7.80. The Bertz CT molecular complexity index is 474. The van der Waals surface area contributed by atoms with Gasteiger partial charge in [-0.25, -0.2) is 4.98 Å². The van der Waals surface area contributed by atoms with Crippen LogP contribution in [0.2, 0.25) is 0 Å². The van der Waals surface area contributed by atoms with Crippen molar-refractivity contribution in [2.24, 2.45) is 0 Å². The van der Waals surface area contributed by atoms with Gasteiger partial charge in [0, 0.05) is 15.7 Å². The first-order chi connectivity index (χ1) is 7.20. The molecular formula is C12H13BrN2. The van der Waals surface area contributed by atoms with Crippen LogP contribution in [0.25, 0.3) is 11.3 Å². The van der Waals surface area contributed by atoms with Gasteiger partial charge in [-0.1, -0.05) is 35.0 Å². The normalized spacial score (nSPS) is 10.6. The van der Waals surface area contributed by atoms with Crippen molar-refractivity contribution >= 4 is 15.9 Å². The van der Waals surface area contributed by atoms with Crippen LogP contribution in [0.3, 0.4) is 0 Å². The predicted molar refractivity (Wildman–Crippen MR) is 65.8 cm³/mol. The van der Waals surface area contributed by atoms with Crippen molar-refractivity contribution in [3.8, 4) is 11.3 Å². The molecule has 1 N–H and O–H groups in total. The van der Waals surface area contributed by atoms with Gasteiger partial charge in [0.1, 0.15) is 5.82 Å². The largest absolute Gasteiger partial charge is 0.346 e. The van der Waals surface area contributed by atoms with Crippen molar-refractivity contribution in [2.75, 3.05) is 0 Å². The lowest BCUT2D eigenvalue weighted by atomic mass is 10.1. The Hall–Kier alpha value is -1.09. The maximum atomic E-state index is 4.52. The highest BCUT2D eigenvalue weighted by atomic mass is 79.9. The highest BCUT2D eigenvalue weighted by Crippen LogP contribution is 2.24. The molecule has 0 radical (unpaired) electrons. The molecule has 0 unspecified atom stereocenters. The van der Waals surface area contributed by atoms with Crippen LogP contribution < -0.4 is 0 Å². The van der Waals surface area contributed by atoms with Crippen molar-refractivity contribution in [3.05, 3.63) is 40.3 Å². The molecule has 1 aromatic carbocycles. The Morgan fingerprint density at radius 3 is 2.87 bits per heavy atom. The van der Waals surface area contributed by atoms with E-state index in [1.54, 1.807) is 0 Å². The number of benzene rings is 1. The Balaban J connectivity index is 2.53. The molecule has 3 heteroatoms. The summed E-state index contributed by atoms with van der Waals surface area (Å²) >= 11 is 3.47. The molecule has 2 aromatic rings. The molecule has 0 fully saturated rings. The number of aromatic nitrogens is 2. The van der Waals surface area contributed by atoms with Crippen LogP contribution >= 0.6 is 15.9 Å². The highest BCUT2D eigenvalue weighted by molar-refractivity contribution is 9.10. The van der Waals surface area contributed by atoms with E-state index in [1.165, 1.54) is 5.69 Å². The zero-order valence-corrected chi connectivity index (χ0v) is 10.4. The number of aromatic amines is 1. The second kappa shape index (κ2) is 4.19. The van der Waals surface area contributed by atoms with Crippen molar-refractivity contribution < 1.29 is 0 Å². The molecule has 78 valence electrons. The minimum absolute atomic E-state index is 0.974. The summed E-state index contributed by atoms with van der Waals surface area (Å²) in [5, 5.41) is 0. The number of hydrogen-bond donors (Lipinski definition) is 1. The van der Waals surface area contributed by atoms with Gasteiger partial charge >= 0.3 is 0 Å². The Labute approximate surface area is 97.9 Å². The average molecular weight is 265 g/mol. The lowest BCUT2D eigenvalue weighted by Gasteiger charge is -2.00. The SMILES string of the molecule is CCc1[nH]c(C)nc1-c1cccc(Br)c1. The standard InChI is InChI=1S/C12H13BrN2/c1-3-11-12(15-8(2)14-11)9-5-4-6-10(13)7-9/h4-7H,3H2,1-2H3,(H,14,15). The van der Waals surface area contributed by atoms with Crippen LogP contribution in [0, 0.1) is 6.92 Å². The molecule has 2 rings (SSSR count). The first kappa shape index (κ1) is 10.4. The molecule has 15 heavy (non-hydrogen) atoms. The molecule has 1 aromatic heterocycles. The van der Waals surface area contributed by atoms with E-state index in [2.05, 4.69) is 45.0 Å². The topological polar surface area (TPSA) is 28.7 Å². The minimum atomic E-state index is 0.974. The smallest absolute Gasteiger partial charge is 0.103 e. The summed E-state index contributed by atoms with van der Waals surface area (Å²) in [6, 6.07) is 8.23. The second-order valence-electron chi connectivity index (χ2n) is 3.51. The number of halogens is 1. The van der Waals surface area contributed by atoms with Crippen LogP contribution in [-0.4, -0.2) is 9.97 Å². The van der Waals surface area contributed by atoms with Crippen LogP contribution in [0.15, 0.2) is 28.7 Å². The first-order valence-corrected chi connectivity index (χ1v) is 5.81. The predicted octanol–water partition coefficient (Wildman–Crippen LogP) is 3.71. The average Bonchev–Trinajstić information content (AvgIpc) is 2.59. The molecule has 0 aliphatic rings. The lowest BCUT2D eigenvalue weighted by molar-refractivity contribution is 1.04. The van der Waals surface area contributed by atoms with Gasteiger partial charge in [-0.3, -0.25) is 0 Å². The Morgan fingerprint density at radius 1 is 1.40 bits per heavy atom. The number of hydrogen-bond acceptors (Lipinski definition) is 1. The van der Waals surface area contributed by atoms with E-state index in [0.717, 1.165) is 28.0 Å². The number of rotatable bonds is 2. The fourth-order valence-corrected chi connectivity index (χ4v) is 2.07. The molecule has 1 heterocycles. The number of imidazole rings is 1. The van der Waals surface area contributed by atoms with E-state index >= 15 is 0 Å². The summed E-state index contributed by atoms with van der Waals surface area (Å²) in [5.41, 5.74) is 3.42. The van der Waals surface area contributed by atoms with E-state index in [0.29, 0.717) is 0 Å². The lowest BCUT2D eigenvalue weighted by Crippen LogP contribution is -1.85. The molecule has 0 amide bonds. The third-order valence-electron chi connectivity index (χ3n) is 2.35. The van der Waals surface area contributed by atoms with Crippen molar-refractivity contribution in [2.45, 2.75) is 20.3 Å². The molecule has 0 aliphatic carbocycles. The van der Waals surface area contributed by atoms with E-state index in [-0.39, 0.29) is 0 Å². The number of aryl methyl sites for hydroxylation is 2. The van der Waals surface area contributed by atoms with Crippen LogP contribution in [0.1, 0.15) is 18.4 Å². The molecule has 0 atom stereocenters. The van der Waals surface area contributed by atoms with Crippen molar-refractivity contribution in [3.63, 3.8) is 0 Å². The van der Waals surface area contributed by atoms with Crippen LogP contribution in [-0.2, 0) is 6.42 Å². The van der Waals surface area contributed by atoms with E-state index < -0.39 is 0 Å². The minimum Gasteiger partial charge on any atom is -0.346 e. The number of H-pyrrole nitrogens is 1. The maximum Gasteiger partial charge on any atom is 0.103 e. The van der Waals surface area contributed by atoms with E-state index in [4.69, 9.17) is 0 Å². The molecule has 0 saturated carbocycles. The molecule has 0 saturated heterocycles. The Morgan fingerprint density at radius 2 is 2.20 bits per heavy atom. The van der Waals surface area contributed by atoms with Gasteiger partial charge < -0.3 is 4.98 Å². The third-order valence-corrected chi connectivity index (χ3v) is 2.84. The van der Waals surface area contributed by atoms with Gasteiger partial charge in [0.25, 0.3) is 0 Å². The summed E-state index contributed by atoms with van der Waals surface area (Å²) in [5.74, 6) is 0.974. The van der Waals surface area contributed by atoms with Crippen molar-refractivity contribution in [1.29, 1.82) is 0 Å². The van der Waals surface area contributed by atoms with Crippen LogP contribution in [0.5, 0.6) is 0 Å². The fourth-order valence-electron chi connectivity index (χ4n) is 1.67. The number of nitrogens with zero attached hydrogens (tertiary/aromatic N) is 1. The van der Waals surface area contributed by atoms with Crippen molar-refractivity contribution in [1.82, 2.24) is 9.97 Å². The molecule has 0 spiro atoms. The molecule has 0 bridgehead atoms. The van der Waals surface area contributed by atoms with Gasteiger partial charge in [-0.05, 0) is 25.5 Å². The van der Waals surface area contributed by atoms with Gasteiger partial charge in [0.2, 0.25) is 0 Å². The van der Waals surface area contributed by atoms with E-state index in [1.807, 2.05) is 19.1 Å². The van der Waals surface area contributed by atoms with Crippen LogP contribution in [0.4, 0.5) is 0 Å². The van der Waals surface area contributed by atoms with E-state index in [9.17, 15) is 0 Å². The van der Waals surface area contributed by atoms with Gasteiger partial charge in [0.05, 0.1) is 5.69 Å². The zero-order chi connectivity index (χ0) is 10.8. The summed E-state index contributed by atoms with van der Waals surface area (Å²) in [7, 11) is 0. The summed E-state index contributed by atoms with van der Waals surface area (Å²) in [6.07, 6.45) is 0.975. The summed E-state index contributed by atoms with van der Waals surface area (Å²) < 4.78 is 1.09. The Kier molecular flexibility index (Phi) is 2.91. The van der Waals surface area contributed by atoms with Gasteiger partial charge in [-0.15, -0.1) is 0 Å². The molecule has 0 aliphatic heterocycles. The summed E-state index contributed by atoms with van der Waals surface area (Å²) in [6.45, 7) is 4.12. The zero-order valence-electron chi connectivity index (χ0n) is 8.84. The second-order valence-corrected chi connectivity index (χ2v) is 4.43. The quantitative estimate of drug-likeness (QED) is 0.881. The third kappa shape index (κ3) is 2.12.